The van der Waals surface area contributed by atoms with Crippen LogP contribution in [0.4, 0.5) is 5.95 Å². The fraction of sp³-hybridized carbons (Fsp3) is 0.750. The second-order valence-electron chi connectivity index (χ2n) is 11.1. The predicted molar refractivity (Wildman–Crippen MR) is 142 cm³/mol. The van der Waals surface area contributed by atoms with Crippen LogP contribution in [0.3, 0.4) is 0 Å². The van der Waals surface area contributed by atoms with E-state index in [1.807, 2.05) is 0 Å². The van der Waals surface area contributed by atoms with Crippen molar-refractivity contribution in [2.24, 2.45) is 5.92 Å². The number of aliphatic hydroxyl groups excluding tert-OH is 3. The van der Waals surface area contributed by atoms with Gasteiger partial charge in [0.1, 0.15) is 0 Å². The molecule has 1 aliphatic rings. The first-order valence-electron chi connectivity index (χ1n) is 12.9. The number of nitrogens with one attached hydrogen (secondary N) is 2. The summed E-state index contributed by atoms with van der Waals surface area (Å²) in [5, 5.41) is 34.4. The maximum Gasteiger partial charge on any atom is 0.280 e. The molecule has 4 atom stereocenters. The maximum atomic E-state index is 12.6. The van der Waals surface area contributed by atoms with Gasteiger partial charge in [-0.15, -0.1) is 0 Å². The Hall–Kier alpha value is -2.20. The molecule has 0 aromatic carbocycles. The minimum absolute atomic E-state index is 0.000123. The van der Waals surface area contributed by atoms with Gasteiger partial charge in [0.15, 0.2) is 37.6 Å². The summed E-state index contributed by atoms with van der Waals surface area (Å²) in [7, 11) is -2.43. The van der Waals surface area contributed by atoms with Crippen LogP contribution < -0.4 is 10.9 Å². The van der Waals surface area contributed by atoms with E-state index in [2.05, 4.69) is 61.8 Å². The summed E-state index contributed by atoms with van der Waals surface area (Å²) in [5.41, 5.74) is -1.73. The van der Waals surface area contributed by atoms with Crippen LogP contribution in [0.25, 0.3) is 11.2 Å². The number of fused-ring (bicyclic) bond motifs is 1. The number of hydrogen-bond acceptors (Lipinski definition) is 10. The summed E-state index contributed by atoms with van der Waals surface area (Å²) < 4.78 is 19.4. The molecule has 0 radical (unpaired) electrons. The highest BCUT2D eigenvalue weighted by atomic mass is 28.4. The van der Waals surface area contributed by atoms with Crippen LogP contribution in [-0.2, 0) is 18.7 Å². The number of aromatic amines is 1. The van der Waals surface area contributed by atoms with Crippen molar-refractivity contribution < 1.29 is 34.0 Å². The molecular weight excluding hydrogens is 514 g/mol. The van der Waals surface area contributed by atoms with Gasteiger partial charge in [0, 0.05) is 5.92 Å². The number of carbonyl (C=O) groups is 1. The Labute approximate surface area is 222 Å². The minimum atomic E-state index is -2.43. The van der Waals surface area contributed by atoms with E-state index in [0.29, 0.717) is 0 Å². The molecule has 5 N–H and O–H groups in total. The van der Waals surface area contributed by atoms with Crippen molar-refractivity contribution in [3.05, 3.63) is 16.7 Å². The van der Waals surface area contributed by atoms with Crippen molar-refractivity contribution in [2.45, 2.75) is 96.4 Å². The van der Waals surface area contributed by atoms with Crippen LogP contribution in [0.5, 0.6) is 0 Å². The molecule has 1 amide bonds. The first-order chi connectivity index (χ1) is 17.7. The van der Waals surface area contributed by atoms with Crippen molar-refractivity contribution in [1.29, 1.82) is 0 Å². The molecule has 0 spiro atoms. The van der Waals surface area contributed by atoms with E-state index in [-0.39, 0.29) is 52.2 Å². The van der Waals surface area contributed by atoms with Gasteiger partial charge in [-0.1, -0.05) is 55.4 Å². The Morgan fingerprint density at radius 1 is 1.18 bits per heavy atom. The second-order valence-corrected chi connectivity index (χ2v) is 16.6. The smallest absolute Gasteiger partial charge is 0.280 e. The molecule has 0 bridgehead atoms. The third kappa shape index (κ3) is 5.43. The molecule has 38 heavy (non-hydrogen) atoms. The lowest BCUT2D eigenvalue weighted by Gasteiger charge is -2.49. The lowest BCUT2D eigenvalue weighted by atomic mass is 10.0. The van der Waals surface area contributed by atoms with E-state index in [1.165, 1.54) is 10.9 Å². The maximum absolute atomic E-state index is 12.6. The van der Waals surface area contributed by atoms with Gasteiger partial charge in [-0.25, -0.2) is 4.98 Å². The van der Waals surface area contributed by atoms with E-state index in [0.717, 1.165) is 0 Å². The Kier molecular flexibility index (Phi) is 9.18. The largest absolute Gasteiger partial charge is 0.413 e. The molecule has 1 aliphatic heterocycles. The van der Waals surface area contributed by atoms with Crippen LogP contribution in [0.1, 0.15) is 61.6 Å². The Morgan fingerprint density at radius 3 is 2.32 bits per heavy atom. The standard InChI is InChI=1S/C24H41N5O8Si/c1-12(2)18(31)27-23-26-17-16(19(32)28-23)25-11-29(17)20-21(33)36-22(34)24(9-30,37-20)10-35-38(13(3)4,14(5)6)15(7)8/h11-15,20-22,30,33-34H,9-10H2,1-8H3,(H2,26,27,28,31,32)/t20-,21?,22?,24+/m1/s1. The number of aromatic nitrogens is 4. The van der Waals surface area contributed by atoms with Crippen LogP contribution in [0.2, 0.25) is 16.6 Å². The molecule has 3 heterocycles. The number of amides is 1. The number of carbonyl (C=O) groups excluding carboxylic acids is 1. The number of imidazole rings is 1. The molecular formula is C24H41N5O8Si. The third-order valence-corrected chi connectivity index (χ3v) is 13.4. The number of H-pyrrole nitrogens is 1. The first-order valence-corrected chi connectivity index (χ1v) is 15.1. The van der Waals surface area contributed by atoms with Crippen molar-refractivity contribution in [3.8, 4) is 0 Å². The number of ether oxygens (including phenoxy) is 2. The summed E-state index contributed by atoms with van der Waals surface area (Å²) in [6.07, 6.45) is -3.52. The molecule has 2 aromatic rings. The molecule has 214 valence electrons. The summed E-state index contributed by atoms with van der Waals surface area (Å²) in [5.74, 6) is -0.821. The van der Waals surface area contributed by atoms with Crippen molar-refractivity contribution in [3.63, 3.8) is 0 Å². The predicted octanol–water partition coefficient (Wildman–Crippen LogP) is 1.82. The SMILES string of the molecule is CC(C)C(=O)Nc1nc2c(ncn2[C@@H]2O[C@@](CO)(CO[Si](C(C)C)(C(C)C)C(C)C)C(O)OC2O)c(=O)[nH]1. The zero-order valence-electron chi connectivity index (χ0n) is 23.3. The topological polar surface area (TPSA) is 181 Å². The molecule has 2 aromatic heterocycles. The zero-order chi connectivity index (χ0) is 28.6. The van der Waals surface area contributed by atoms with Crippen LogP contribution in [0.15, 0.2) is 11.1 Å². The number of anilines is 1. The van der Waals surface area contributed by atoms with Crippen molar-refractivity contribution in [1.82, 2.24) is 19.5 Å². The number of rotatable bonds is 10. The average molecular weight is 556 g/mol. The van der Waals surface area contributed by atoms with Crippen molar-refractivity contribution in [2.75, 3.05) is 18.5 Å². The molecule has 2 unspecified atom stereocenters. The lowest BCUT2D eigenvalue weighted by molar-refractivity contribution is -0.395. The van der Waals surface area contributed by atoms with Gasteiger partial charge in [-0.2, -0.15) is 4.98 Å². The molecule has 0 saturated carbocycles. The average Bonchev–Trinajstić information content (AvgIpc) is 3.24. The Balaban J connectivity index is 2.00. The molecule has 13 nitrogen and oxygen atoms in total. The van der Waals surface area contributed by atoms with E-state index in [9.17, 15) is 24.9 Å². The fourth-order valence-corrected chi connectivity index (χ4v) is 10.8. The number of hydrogen-bond donors (Lipinski definition) is 5. The van der Waals surface area contributed by atoms with Crippen molar-refractivity contribution >= 4 is 31.3 Å². The fourth-order valence-electron chi connectivity index (χ4n) is 5.32. The number of aliphatic hydroxyl groups is 3. The van der Waals surface area contributed by atoms with Gasteiger partial charge >= 0.3 is 0 Å². The van der Waals surface area contributed by atoms with Gasteiger partial charge in [-0.05, 0) is 16.6 Å². The van der Waals surface area contributed by atoms with Gasteiger partial charge in [-0.3, -0.25) is 24.5 Å². The lowest BCUT2D eigenvalue weighted by Crippen LogP contribution is -2.62. The van der Waals surface area contributed by atoms with Crippen LogP contribution in [0, 0.1) is 5.92 Å². The van der Waals surface area contributed by atoms with Crippen LogP contribution in [-0.4, -0.2) is 80.5 Å². The van der Waals surface area contributed by atoms with Crippen LogP contribution >= 0.6 is 0 Å². The molecule has 0 aliphatic carbocycles. The summed E-state index contributed by atoms with van der Waals surface area (Å²) in [6, 6.07) is 0. The molecule has 14 heteroatoms. The normalized spacial score (nSPS) is 24.8. The Bertz CT molecular complexity index is 1160. The summed E-state index contributed by atoms with van der Waals surface area (Å²) in [6.45, 7) is 15.2. The van der Waals surface area contributed by atoms with E-state index in [1.54, 1.807) is 13.8 Å². The monoisotopic (exact) mass is 555 g/mol. The highest BCUT2D eigenvalue weighted by Crippen LogP contribution is 2.44. The van der Waals surface area contributed by atoms with E-state index < -0.39 is 44.9 Å². The highest BCUT2D eigenvalue weighted by Gasteiger charge is 2.53. The minimum Gasteiger partial charge on any atom is -0.413 e. The quantitative estimate of drug-likeness (QED) is 0.271. The Morgan fingerprint density at radius 2 is 1.79 bits per heavy atom. The molecule has 1 saturated heterocycles. The summed E-state index contributed by atoms with van der Waals surface area (Å²) >= 11 is 0. The third-order valence-electron chi connectivity index (χ3n) is 7.33. The van der Waals surface area contributed by atoms with E-state index >= 15 is 0 Å². The molecule has 3 rings (SSSR count). The van der Waals surface area contributed by atoms with Gasteiger partial charge in [0.05, 0.1) is 19.5 Å². The molecule has 1 fully saturated rings. The zero-order valence-corrected chi connectivity index (χ0v) is 24.3. The number of nitrogens with zero attached hydrogens (tertiary/aromatic N) is 3. The second kappa shape index (κ2) is 11.5. The van der Waals surface area contributed by atoms with Gasteiger partial charge in [0.2, 0.25) is 18.1 Å². The van der Waals surface area contributed by atoms with E-state index in [4.69, 9.17) is 13.9 Å². The summed E-state index contributed by atoms with van der Waals surface area (Å²) in [4.78, 5) is 35.6. The first kappa shape index (κ1) is 30.3. The highest BCUT2D eigenvalue weighted by molar-refractivity contribution is 6.77. The van der Waals surface area contributed by atoms with Gasteiger partial charge in [0.25, 0.3) is 5.56 Å². The van der Waals surface area contributed by atoms with Gasteiger partial charge < -0.3 is 29.2 Å².